The van der Waals surface area contributed by atoms with Gasteiger partial charge in [0, 0.05) is 31.4 Å². The second kappa shape index (κ2) is 5.17. The van der Waals surface area contributed by atoms with E-state index in [1.165, 1.54) is 30.4 Å². The monoisotopic (exact) mass is 255 g/mol. The van der Waals surface area contributed by atoms with E-state index < -0.39 is 0 Å². The smallest absolute Gasteiger partial charge is 0.0534 e. The van der Waals surface area contributed by atoms with E-state index in [1.54, 1.807) is 11.1 Å². The minimum absolute atomic E-state index is 0.381. The molecule has 1 unspecified atom stereocenters. The Bertz CT molecular complexity index is 571. The molecule has 1 N–H and O–H groups in total. The lowest BCUT2D eigenvalue weighted by molar-refractivity contribution is 0.574. The number of aromatic nitrogens is 2. The van der Waals surface area contributed by atoms with Gasteiger partial charge in [-0.1, -0.05) is 18.2 Å². The zero-order valence-corrected chi connectivity index (χ0v) is 11.7. The van der Waals surface area contributed by atoms with Gasteiger partial charge in [-0.05, 0) is 42.9 Å². The van der Waals surface area contributed by atoms with Gasteiger partial charge in [0.25, 0.3) is 0 Å². The molecule has 0 saturated heterocycles. The second-order valence-corrected chi connectivity index (χ2v) is 5.51. The minimum Gasteiger partial charge on any atom is -0.306 e. The maximum absolute atomic E-state index is 4.19. The molecule has 1 aromatic carbocycles. The predicted molar refractivity (Wildman–Crippen MR) is 76.9 cm³/mol. The van der Waals surface area contributed by atoms with E-state index in [0.717, 1.165) is 6.54 Å². The molecule has 1 aliphatic carbocycles. The molecule has 3 heteroatoms. The van der Waals surface area contributed by atoms with Crippen LogP contribution in [0.1, 0.15) is 41.6 Å². The van der Waals surface area contributed by atoms with Gasteiger partial charge in [0.15, 0.2) is 0 Å². The molecular formula is C16H21N3. The Hall–Kier alpha value is -1.61. The van der Waals surface area contributed by atoms with E-state index in [-0.39, 0.29) is 0 Å². The topological polar surface area (TPSA) is 29.9 Å². The molecule has 19 heavy (non-hydrogen) atoms. The Morgan fingerprint density at radius 3 is 2.95 bits per heavy atom. The first-order valence-corrected chi connectivity index (χ1v) is 7.05. The molecule has 1 heterocycles. The summed E-state index contributed by atoms with van der Waals surface area (Å²) in [6.45, 7) is 3.10. The summed E-state index contributed by atoms with van der Waals surface area (Å²) < 4.78 is 1.84. The molecule has 1 aliphatic rings. The normalized spacial score (nSPS) is 15.5. The average Bonchev–Trinajstić information content (AvgIpc) is 3.03. The number of hydrogen-bond donors (Lipinski definition) is 1. The van der Waals surface area contributed by atoms with Crippen molar-refractivity contribution in [2.75, 3.05) is 0 Å². The van der Waals surface area contributed by atoms with E-state index in [4.69, 9.17) is 0 Å². The van der Waals surface area contributed by atoms with Crippen LogP contribution in [-0.2, 0) is 26.4 Å². The number of hydrogen-bond acceptors (Lipinski definition) is 2. The number of nitrogens with one attached hydrogen (secondary N) is 1. The summed E-state index contributed by atoms with van der Waals surface area (Å²) in [7, 11) is 1.95. The summed E-state index contributed by atoms with van der Waals surface area (Å²) in [6.07, 6.45) is 7.80. The van der Waals surface area contributed by atoms with E-state index in [2.05, 4.69) is 41.7 Å². The SMILES string of the molecule is CC(NCc1cnn(C)c1)c1ccc2c(c1)CCC2. The number of rotatable bonds is 4. The molecule has 3 nitrogen and oxygen atoms in total. The first-order valence-electron chi connectivity index (χ1n) is 7.05. The molecule has 3 rings (SSSR count). The van der Waals surface area contributed by atoms with Crippen LogP contribution in [0.25, 0.3) is 0 Å². The van der Waals surface area contributed by atoms with Gasteiger partial charge in [0.05, 0.1) is 6.20 Å². The quantitative estimate of drug-likeness (QED) is 0.910. The van der Waals surface area contributed by atoms with Crippen LogP contribution in [0.5, 0.6) is 0 Å². The van der Waals surface area contributed by atoms with Gasteiger partial charge in [0.1, 0.15) is 0 Å². The van der Waals surface area contributed by atoms with Gasteiger partial charge < -0.3 is 5.32 Å². The van der Waals surface area contributed by atoms with Crippen LogP contribution in [0.2, 0.25) is 0 Å². The number of aryl methyl sites for hydroxylation is 3. The van der Waals surface area contributed by atoms with Crippen molar-refractivity contribution in [1.29, 1.82) is 0 Å². The summed E-state index contributed by atoms with van der Waals surface area (Å²) in [5.41, 5.74) is 5.72. The van der Waals surface area contributed by atoms with Gasteiger partial charge in [0.2, 0.25) is 0 Å². The zero-order valence-electron chi connectivity index (χ0n) is 11.7. The maximum atomic E-state index is 4.19. The van der Waals surface area contributed by atoms with E-state index >= 15 is 0 Å². The molecule has 0 aliphatic heterocycles. The molecule has 0 amide bonds. The number of benzene rings is 1. The van der Waals surface area contributed by atoms with Gasteiger partial charge in [-0.2, -0.15) is 5.10 Å². The lowest BCUT2D eigenvalue weighted by Crippen LogP contribution is -2.18. The third kappa shape index (κ3) is 2.71. The Morgan fingerprint density at radius 2 is 2.16 bits per heavy atom. The van der Waals surface area contributed by atoms with Crippen LogP contribution < -0.4 is 5.32 Å². The number of nitrogens with zero attached hydrogens (tertiary/aromatic N) is 2. The standard InChI is InChI=1S/C16H21N3/c1-12(17-9-13-10-18-19(2)11-13)15-7-6-14-4-3-5-16(14)8-15/h6-8,10-12,17H,3-5,9H2,1-2H3. The third-order valence-corrected chi connectivity index (χ3v) is 3.99. The Morgan fingerprint density at radius 1 is 1.32 bits per heavy atom. The molecule has 0 spiro atoms. The maximum Gasteiger partial charge on any atom is 0.0534 e. The molecular weight excluding hydrogens is 234 g/mol. The molecule has 0 saturated carbocycles. The van der Waals surface area contributed by atoms with Crippen LogP contribution in [-0.4, -0.2) is 9.78 Å². The zero-order chi connectivity index (χ0) is 13.2. The van der Waals surface area contributed by atoms with Gasteiger partial charge in [-0.15, -0.1) is 0 Å². The molecule has 2 aromatic rings. The van der Waals surface area contributed by atoms with Gasteiger partial charge in [-0.3, -0.25) is 4.68 Å². The van der Waals surface area contributed by atoms with Crippen LogP contribution in [0.4, 0.5) is 0 Å². The molecule has 0 bridgehead atoms. The number of fused-ring (bicyclic) bond motifs is 1. The van der Waals surface area contributed by atoms with Crippen molar-refractivity contribution in [2.24, 2.45) is 7.05 Å². The van der Waals surface area contributed by atoms with Crippen LogP contribution in [0.15, 0.2) is 30.6 Å². The highest BCUT2D eigenvalue weighted by atomic mass is 15.2. The fraction of sp³-hybridized carbons (Fsp3) is 0.438. The first kappa shape index (κ1) is 12.4. The Balaban J connectivity index is 1.65. The first-order chi connectivity index (χ1) is 9.22. The molecule has 100 valence electrons. The third-order valence-electron chi connectivity index (χ3n) is 3.99. The average molecular weight is 255 g/mol. The minimum atomic E-state index is 0.381. The predicted octanol–water partition coefficient (Wildman–Crippen LogP) is 2.76. The van der Waals surface area contributed by atoms with E-state index in [0.29, 0.717) is 6.04 Å². The second-order valence-electron chi connectivity index (χ2n) is 5.51. The highest BCUT2D eigenvalue weighted by Gasteiger charge is 2.13. The van der Waals surface area contributed by atoms with Crippen molar-refractivity contribution in [3.8, 4) is 0 Å². The van der Waals surface area contributed by atoms with Gasteiger partial charge >= 0.3 is 0 Å². The molecule has 1 atom stereocenters. The Labute approximate surface area is 114 Å². The van der Waals surface area contributed by atoms with Crippen molar-refractivity contribution in [2.45, 2.75) is 38.8 Å². The summed E-state index contributed by atoms with van der Waals surface area (Å²) in [4.78, 5) is 0. The lowest BCUT2D eigenvalue weighted by Gasteiger charge is -2.15. The van der Waals surface area contributed by atoms with Crippen molar-refractivity contribution < 1.29 is 0 Å². The van der Waals surface area contributed by atoms with Crippen molar-refractivity contribution in [3.05, 3.63) is 52.8 Å². The highest BCUT2D eigenvalue weighted by Crippen LogP contribution is 2.25. The van der Waals surface area contributed by atoms with Crippen LogP contribution in [0, 0.1) is 0 Å². The highest BCUT2D eigenvalue weighted by molar-refractivity contribution is 5.36. The van der Waals surface area contributed by atoms with Crippen LogP contribution >= 0.6 is 0 Å². The fourth-order valence-corrected chi connectivity index (χ4v) is 2.81. The molecule has 1 aromatic heterocycles. The van der Waals surface area contributed by atoms with Crippen molar-refractivity contribution in [3.63, 3.8) is 0 Å². The van der Waals surface area contributed by atoms with E-state index in [9.17, 15) is 0 Å². The summed E-state index contributed by atoms with van der Waals surface area (Å²) in [5.74, 6) is 0. The lowest BCUT2D eigenvalue weighted by atomic mass is 10.0. The van der Waals surface area contributed by atoms with Crippen molar-refractivity contribution >= 4 is 0 Å². The summed E-state index contributed by atoms with van der Waals surface area (Å²) in [6, 6.07) is 7.33. The van der Waals surface area contributed by atoms with E-state index in [1.807, 2.05) is 17.9 Å². The summed E-state index contributed by atoms with van der Waals surface area (Å²) >= 11 is 0. The van der Waals surface area contributed by atoms with Crippen molar-refractivity contribution in [1.82, 2.24) is 15.1 Å². The molecule has 0 radical (unpaired) electrons. The summed E-state index contributed by atoms with van der Waals surface area (Å²) in [5, 5.41) is 7.76. The largest absolute Gasteiger partial charge is 0.306 e. The van der Waals surface area contributed by atoms with Gasteiger partial charge in [-0.25, -0.2) is 0 Å². The molecule has 0 fully saturated rings. The fourth-order valence-electron chi connectivity index (χ4n) is 2.81. The Kier molecular flexibility index (Phi) is 3.38. The van der Waals surface area contributed by atoms with Crippen LogP contribution in [0.3, 0.4) is 0 Å².